The van der Waals surface area contributed by atoms with Crippen LogP contribution in [0.1, 0.15) is 6.92 Å². The first-order valence-corrected chi connectivity index (χ1v) is 8.30. The SMILES string of the molecule is CC(=O)Nc1ccc2c(O)c(N=Nc3ccc(S)cc3)c(S)cc2c1. The van der Waals surface area contributed by atoms with Crippen LogP contribution < -0.4 is 5.32 Å². The third kappa shape index (κ3) is 3.94. The number of nitrogens with zero attached hydrogens (tertiary/aromatic N) is 2. The van der Waals surface area contributed by atoms with E-state index in [4.69, 9.17) is 0 Å². The van der Waals surface area contributed by atoms with Crippen molar-refractivity contribution >= 4 is 59.0 Å². The van der Waals surface area contributed by atoms with Gasteiger partial charge in [-0.25, -0.2) is 0 Å². The molecule has 1 amide bonds. The van der Waals surface area contributed by atoms with Gasteiger partial charge < -0.3 is 10.4 Å². The fraction of sp³-hybridized carbons (Fsp3) is 0.0556. The molecule has 0 aromatic heterocycles. The quantitative estimate of drug-likeness (QED) is 0.364. The normalized spacial score (nSPS) is 11.2. The molecule has 0 saturated carbocycles. The van der Waals surface area contributed by atoms with E-state index in [1.807, 2.05) is 12.1 Å². The van der Waals surface area contributed by atoms with E-state index >= 15 is 0 Å². The van der Waals surface area contributed by atoms with E-state index in [0.717, 1.165) is 10.3 Å². The second kappa shape index (κ2) is 7.16. The van der Waals surface area contributed by atoms with Gasteiger partial charge in [0.15, 0.2) is 5.75 Å². The van der Waals surface area contributed by atoms with Crippen LogP contribution in [0.25, 0.3) is 10.8 Å². The van der Waals surface area contributed by atoms with Gasteiger partial charge in [-0.05, 0) is 53.9 Å². The Hall–Kier alpha value is -2.51. The minimum Gasteiger partial charge on any atom is -0.505 e. The molecular weight excluding hydrogens is 354 g/mol. The largest absolute Gasteiger partial charge is 0.505 e. The molecule has 0 atom stereocenters. The van der Waals surface area contributed by atoms with Crippen molar-refractivity contribution in [3.05, 3.63) is 48.5 Å². The maximum atomic E-state index is 11.2. The number of fused-ring (bicyclic) bond motifs is 1. The molecule has 126 valence electrons. The topological polar surface area (TPSA) is 74.0 Å². The summed E-state index contributed by atoms with van der Waals surface area (Å²) in [5, 5.41) is 22.8. The Morgan fingerprint density at radius 1 is 1.04 bits per heavy atom. The zero-order valence-electron chi connectivity index (χ0n) is 13.3. The van der Waals surface area contributed by atoms with E-state index in [2.05, 4.69) is 40.8 Å². The molecule has 0 spiro atoms. The lowest BCUT2D eigenvalue weighted by Gasteiger charge is -2.09. The molecule has 0 aliphatic rings. The lowest BCUT2D eigenvalue weighted by Crippen LogP contribution is -2.05. The Bertz CT molecular complexity index is 986. The van der Waals surface area contributed by atoms with Crippen molar-refractivity contribution < 1.29 is 9.90 Å². The van der Waals surface area contributed by atoms with Crippen molar-refractivity contribution in [2.75, 3.05) is 5.32 Å². The van der Waals surface area contributed by atoms with Crippen LogP contribution in [0, 0.1) is 0 Å². The van der Waals surface area contributed by atoms with E-state index in [0.29, 0.717) is 21.7 Å². The summed E-state index contributed by atoms with van der Waals surface area (Å²) in [5.41, 5.74) is 1.58. The van der Waals surface area contributed by atoms with Crippen molar-refractivity contribution in [2.24, 2.45) is 10.2 Å². The van der Waals surface area contributed by atoms with Crippen LogP contribution in [0.3, 0.4) is 0 Å². The molecule has 0 saturated heterocycles. The first-order valence-electron chi connectivity index (χ1n) is 7.41. The van der Waals surface area contributed by atoms with Crippen LogP contribution in [-0.4, -0.2) is 11.0 Å². The zero-order valence-corrected chi connectivity index (χ0v) is 15.1. The highest BCUT2D eigenvalue weighted by Gasteiger charge is 2.11. The lowest BCUT2D eigenvalue weighted by atomic mass is 10.1. The van der Waals surface area contributed by atoms with Gasteiger partial charge in [-0.3, -0.25) is 4.79 Å². The predicted octanol–water partition coefficient (Wildman–Crippen LogP) is 5.50. The number of aromatic hydroxyl groups is 1. The number of carbonyl (C=O) groups is 1. The number of phenolic OH excluding ortho intramolecular Hbond substituents is 1. The highest BCUT2D eigenvalue weighted by atomic mass is 32.1. The first kappa shape index (κ1) is 17.3. The van der Waals surface area contributed by atoms with Crippen molar-refractivity contribution in [1.82, 2.24) is 0 Å². The summed E-state index contributed by atoms with van der Waals surface area (Å²) < 4.78 is 0. The Labute approximate surface area is 155 Å². The number of thiol groups is 2. The van der Waals surface area contributed by atoms with Crippen molar-refractivity contribution in [3.63, 3.8) is 0 Å². The molecule has 0 aliphatic heterocycles. The number of amides is 1. The number of anilines is 1. The van der Waals surface area contributed by atoms with Gasteiger partial charge in [-0.1, -0.05) is 0 Å². The summed E-state index contributed by atoms with van der Waals surface area (Å²) in [6.45, 7) is 1.44. The third-order valence-corrected chi connectivity index (χ3v) is 4.14. The zero-order chi connectivity index (χ0) is 18.0. The number of benzene rings is 3. The second-order valence-electron chi connectivity index (χ2n) is 5.43. The summed E-state index contributed by atoms with van der Waals surface area (Å²) >= 11 is 8.62. The number of rotatable bonds is 3. The minimum atomic E-state index is -0.160. The predicted molar refractivity (Wildman–Crippen MR) is 105 cm³/mol. The standard InChI is InChI=1S/C18H15N3O2S2/c1-10(22)19-13-4-7-15-11(8-13)9-16(25)17(18(15)23)21-20-12-2-5-14(24)6-3-12/h2-9,23-25H,1H3,(H,19,22). The number of nitrogens with one attached hydrogen (secondary N) is 1. The smallest absolute Gasteiger partial charge is 0.221 e. The molecule has 3 rings (SSSR count). The van der Waals surface area contributed by atoms with Crippen LogP contribution in [-0.2, 0) is 4.79 Å². The first-order chi connectivity index (χ1) is 11.9. The van der Waals surface area contributed by atoms with Crippen LogP contribution in [0.5, 0.6) is 5.75 Å². The number of hydrogen-bond donors (Lipinski definition) is 4. The minimum absolute atomic E-state index is 0.00793. The molecule has 5 nitrogen and oxygen atoms in total. The molecule has 3 aromatic rings. The number of azo groups is 1. The fourth-order valence-corrected chi connectivity index (χ4v) is 2.81. The number of phenols is 1. The number of carbonyl (C=O) groups excluding carboxylic acids is 1. The summed E-state index contributed by atoms with van der Waals surface area (Å²) in [6, 6.07) is 14.2. The molecule has 3 aromatic carbocycles. The van der Waals surface area contributed by atoms with Crippen LogP contribution in [0.2, 0.25) is 0 Å². The van der Waals surface area contributed by atoms with Gasteiger partial charge in [0.2, 0.25) is 5.91 Å². The molecule has 0 heterocycles. The maximum absolute atomic E-state index is 11.2. The summed E-state index contributed by atoms with van der Waals surface area (Å²) in [5.74, 6) is -0.168. The third-order valence-electron chi connectivity index (χ3n) is 3.50. The summed E-state index contributed by atoms with van der Waals surface area (Å²) in [4.78, 5) is 12.5. The van der Waals surface area contributed by atoms with Crippen LogP contribution >= 0.6 is 25.3 Å². The van der Waals surface area contributed by atoms with Gasteiger partial charge in [-0.15, -0.1) is 30.4 Å². The Kier molecular flexibility index (Phi) is 4.96. The summed E-state index contributed by atoms with van der Waals surface area (Å²) in [6.07, 6.45) is 0. The van der Waals surface area contributed by atoms with Crippen LogP contribution in [0.15, 0.2) is 68.6 Å². The molecular formula is C18H15N3O2S2. The molecule has 0 radical (unpaired) electrons. The van der Waals surface area contributed by atoms with E-state index in [-0.39, 0.29) is 17.3 Å². The van der Waals surface area contributed by atoms with Gasteiger partial charge in [0.05, 0.1) is 5.69 Å². The molecule has 0 unspecified atom stereocenters. The lowest BCUT2D eigenvalue weighted by molar-refractivity contribution is -0.114. The van der Waals surface area contributed by atoms with Gasteiger partial charge in [0, 0.05) is 27.8 Å². The van der Waals surface area contributed by atoms with E-state index < -0.39 is 0 Å². The van der Waals surface area contributed by atoms with Crippen molar-refractivity contribution in [2.45, 2.75) is 16.7 Å². The molecule has 7 heteroatoms. The second-order valence-corrected chi connectivity index (χ2v) is 6.42. The molecule has 0 bridgehead atoms. The average molecular weight is 369 g/mol. The molecule has 0 fully saturated rings. The molecule has 0 aliphatic carbocycles. The van der Waals surface area contributed by atoms with Gasteiger partial charge in [0.1, 0.15) is 5.69 Å². The highest BCUT2D eigenvalue weighted by molar-refractivity contribution is 7.80. The Morgan fingerprint density at radius 2 is 1.76 bits per heavy atom. The van der Waals surface area contributed by atoms with E-state index in [1.54, 1.807) is 36.4 Å². The highest BCUT2D eigenvalue weighted by Crippen LogP contribution is 2.41. The monoisotopic (exact) mass is 369 g/mol. The summed E-state index contributed by atoms with van der Waals surface area (Å²) in [7, 11) is 0. The fourth-order valence-electron chi connectivity index (χ4n) is 2.37. The maximum Gasteiger partial charge on any atom is 0.221 e. The molecule has 25 heavy (non-hydrogen) atoms. The van der Waals surface area contributed by atoms with E-state index in [1.165, 1.54) is 6.92 Å². The number of hydrogen-bond acceptors (Lipinski definition) is 6. The van der Waals surface area contributed by atoms with Crippen molar-refractivity contribution in [1.29, 1.82) is 0 Å². The van der Waals surface area contributed by atoms with Gasteiger partial charge in [0.25, 0.3) is 0 Å². The van der Waals surface area contributed by atoms with E-state index in [9.17, 15) is 9.90 Å². The Balaban J connectivity index is 2.01. The Morgan fingerprint density at radius 3 is 2.44 bits per heavy atom. The molecule has 2 N–H and O–H groups in total. The average Bonchev–Trinajstić information content (AvgIpc) is 2.55. The van der Waals surface area contributed by atoms with Crippen molar-refractivity contribution in [3.8, 4) is 5.75 Å². The van der Waals surface area contributed by atoms with Gasteiger partial charge >= 0.3 is 0 Å². The van der Waals surface area contributed by atoms with Crippen LogP contribution in [0.4, 0.5) is 17.1 Å². The van der Waals surface area contributed by atoms with Gasteiger partial charge in [-0.2, -0.15) is 5.11 Å².